The molecule has 0 aliphatic carbocycles. The molecule has 0 spiro atoms. The van der Waals surface area contributed by atoms with E-state index in [1.165, 1.54) is 12.1 Å². The molecule has 0 aromatic heterocycles. The molecule has 0 aromatic carbocycles. The third-order valence-electron chi connectivity index (χ3n) is 1.64. The van der Waals surface area contributed by atoms with Gasteiger partial charge in [-0.25, -0.2) is 0 Å². The quantitative estimate of drug-likeness (QED) is 0.504. The van der Waals surface area contributed by atoms with Crippen LogP contribution in [-0.2, 0) is 8.85 Å². The van der Waals surface area contributed by atoms with Gasteiger partial charge in [0.05, 0.1) is 0 Å². The van der Waals surface area contributed by atoms with E-state index >= 15 is 0 Å². The van der Waals surface area contributed by atoms with Crippen LogP contribution in [0, 0.1) is 0 Å². The molecule has 0 N–H and O–H groups in total. The van der Waals surface area contributed by atoms with Gasteiger partial charge in [-0.15, -0.1) is 0 Å². The second-order valence-electron chi connectivity index (χ2n) is 4.16. The second kappa shape index (κ2) is 5.95. The zero-order chi connectivity index (χ0) is 10.5. The lowest BCUT2D eigenvalue weighted by Gasteiger charge is -2.26. The molecule has 0 rings (SSSR count). The molecule has 79 valence electrons. The van der Waals surface area contributed by atoms with E-state index in [2.05, 4.69) is 33.5 Å². The van der Waals surface area contributed by atoms with Gasteiger partial charge in [0.1, 0.15) is 6.29 Å². The molecule has 0 heterocycles. The maximum absolute atomic E-state index is 5.84. The molecule has 0 aromatic rings. The Morgan fingerprint density at radius 1 is 1.15 bits per heavy atom. The van der Waals surface area contributed by atoms with Gasteiger partial charge in [-0.05, 0) is 38.7 Å². The molecular weight excluding hydrogens is 196 g/mol. The predicted octanol–water partition coefficient (Wildman–Crippen LogP) is 3.23. The van der Waals surface area contributed by atoms with Crippen molar-refractivity contribution in [2.45, 2.75) is 58.8 Å². The van der Waals surface area contributed by atoms with Crippen molar-refractivity contribution < 1.29 is 8.85 Å². The first-order valence-corrected chi connectivity index (χ1v) is 10.3. The fourth-order valence-electron chi connectivity index (χ4n) is 1.17. The summed E-state index contributed by atoms with van der Waals surface area (Å²) in [5.74, 6) is 0. The molecule has 0 aliphatic rings. The molecular formula is C9H23O2Si2. The summed E-state index contributed by atoms with van der Waals surface area (Å²) < 4.78 is 11.7. The fraction of sp³-hybridized carbons (Fsp3) is 1.00. The van der Waals surface area contributed by atoms with Crippen LogP contribution in [0.3, 0.4) is 0 Å². The van der Waals surface area contributed by atoms with Crippen molar-refractivity contribution in [2.24, 2.45) is 0 Å². The first-order chi connectivity index (χ1) is 5.89. The van der Waals surface area contributed by atoms with Crippen LogP contribution in [0.1, 0.15) is 20.8 Å². The summed E-state index contributed by atoms with van der Waals surface area (Å²) in [7, 11) is -2.02. The van der Waals surface area contributed by atoms with Crippen molar-refractivity contribution in [1.29, 1.82) is 0 Å². The van der Waals surface area contributed by atoms with Gasteiger partial charge < -0.3 is 8.85 Å². The van der Waals surface area contributed by atoms with E-state index in [1.807, 2.05) is 6.92 Å². The normalized spacial score (nSPS) is 15.0. The molecule has 2 nitrogen and oxygen atoms in total. The Hall–Kier alpha value is 0.354. The first kappa shape index (κ1) is 13.4. The van der Waals surface area contributed by atoms with E-state index in [0.717, 1.165) is 0 Å². The summed E-state index contributed by atoms with van der Waals surface area (Å²) in [5.41, 5.74) is 0. The van der Waals surface area contributed by atoms with Crippen molar-refractivity contribution in [3.8, 4) is 0 Å². The first-order valence-electron chi connectivity index (χ1n) is 5.08. The van der Waals surface area contributed by atoms with Crippen molar-refractivity contribution in [2.75, 3.05) is 0 Å². The van der Waals surface area contributed by atoms with Gasteiger partial charge in [0.25, 0.3) is 0 Å². The Bertz CT molecular complexity index is 130. The van der Waals surface area contributed by atoms with Gasteiger partial charge in [0.2, 0.25) is 9.04 Å². The average molecular weight is 219 g/mol. The van der Waals surface area contributed by atoms with Crippen LogP contribution in [0.25, 0.3) is 0 Å². The molecule has 4 heteroatoms. The molecule has 0 fully saturated rings. The lowest BCUT2D eigenvalue weighted by molar-refractivity contribution is 0.0127. The Labute approximate surface area is 85.5 Å². The minimum atomic E-state index is -1.42. The van der Waals surface area contributed by atoms with Crippen LogP contribution in [0.4, 0.5) is 0 Å². The average Bonchev–Trinajstić information content (AvgIpc) is 1.96. The highest BCUT2D eigenvalue weighted by Gasteiger charge is 2.20. The number of hydrogen-bond donors (Lipinski definition) is 0. The molecule has 1 radical (unpaired) electrons. The van der Waals surface area contributed by atoms with E-state index in [1.54, 1.807) is 0 Å². The van der Waals surface area contributed by atoms with Gasteiger partial charge in [-0.1, -0.05) is 13.8 Å². The zero-order valence-corrected chi connectivity index (χ0v) is 11.8. The Morgan fingerprint density at radius 2 is 1.62 bits per heavy atom. The van der Waals surface area contributed by atoms with E-state index < -0.39 is 17.4 Å². The largest absolute Gasteiger partial charge is 0.394 e. The van der Waals surface area contributed by atoms with Crippen molar-refractivity contribution in [1.82, 2.24) is 0 Å². The molecule has 1 unspecified atom stereocenters. The summed E-state index contributed by atoms with van der Waals surface area (Å²) in [5, 5.41) is 0. The van der Waals surface area contributed by atoms with Crippen LogP contribution in [0.2, 0.25) is 31.7 Å². The van der Waals surface area contributed by atoms with Gasteiger partial charge in [-0.2, -0.15) is 0 Å². The Morgan fingerprint density at radius 3 is 1.92 bits per heavy atom. The topological polar surface area (TPSA) is 18.5 Å². The molecule has 0 aliphatic heterocycles. The van der Waals surface area contributed by atoms with Crippen LogP contribution >= 0.6 is 0 Å². The number of rotatable bonds is 6. The van der Waals surface area contributed by atoms with Crippen molar-refractivity contribution in [3.05, 3.63) is 0 Å². The van der Waals surface area contributed by atoms with E-state index in [4.69, 9.17) is 8.85 Å². The maximum atomic E-state index is 5.84. The zero-order valence-electron chi connectivity index (χ0n) is 9.81. The minimum Gasteiger partial charge on any atom is -0.394 e. The Balaban J connectivity index is 3.79. The predicted molar refractivity (Wildman–Crippen MR) is 61.7 cm³/mol. The highest BCUT2D eigenvalue weighted by Crippen LogP contribution is 2.11. The summed E-state index contributed by atoms with van der Waals surface area (Å²) in [4.78, 5) is 0. The lowest BCUT2D eigenvalue weighted by Crippen LogP contribution is -2.35. The third-order valence-corrected chi connectivity index (χ3v) is 4.92. The Kier molecular flexibility index (Phi) is 6.12. The van der Waals surface area contributed by atoms with Gasteiger partial charge in [0.15, 0.2) is 8.32 Å². The van der Waals surface area contributed by atoms with Crippen LogP contribution in [0.15, 0.2) is 0 Å². The standard InChI is InChI=1S/C9H23O2Si2/c1-7-12(8-2)10-9(3)11-13(4,5)6/h9H,7-8H2,1-6H3. The monoisotopic (exact) mass is 219 g/mol. The molecule has 0 amide bonds. The van der Waals surface area contributed by atoms with Gasteiger partial charge in [0, 0.05) is 0 Å². The highest BCUT2D eigenvalue weighted by atomic mass is 28.4. The third kappa shape index (κ3) is 7.43. The van der Waals surface area contributed by atoms with E-state index in [-0.39, 0.29) is 6.29 Å². The maximum Gasteiger partial charge on any atom is 0.214 e. The minimum absolute atomic E-state index is 0.000422. The highest BCUT2D eigenvalue weighted by molar-refractivity contribution is 6.69. The van der Waals surface area contributed by atoms with Crippen molar-refractivity contribution in [3.63, 3.8) is 0 Å². The SMILES string of the molecule is CC[Si](CC)OC(C)O[Si](C)(C)C. The fourth-order valence-corrected chi connectivity index (χ4v) is 3.66. The van der Waals surface area contributed by atoms with Crippen LogP contribution < -0.4 is 0 Å². The second-order valence-corrected chi connectivity index (χ2v) is 11.3. The molecule has 0 saturated carbocycles. The van der Waals surface area contributed by atoms with E-state index in [9.17, 15) is 0 Å². The van der Waals surface area contributed by atoms with Crippen LogP contribution in [-0.4, -0.2) is 23.6 Å². The summed E-state index contributed by atoms with van der Waals surface area (Å²) in [6.07, 6.45) is 0.000422. The van der Waals surface area contributed by atoms with Crippen molar-refractivity contribution >= 4 is 17.4 Å². The molecule has 1 atom stereocenters. The molecule has 0 bridgehead atoms. The van der Waals surface area contributed by atoms with Gasteiger partial charge in [-0.3, -0.25) is 0 Å². The summed E-state index contributed by atoms with van der Waals surface area (Å²) in [6, 6.07) is 2.33. The molecule has 13 heavy (non-hydrogen) atoms. The van der Waals surface area contributed by atoms with Crippen LogP contribution in [0.5, 0.6) is 0 Å². The van der Waals surface area contributed by atoms with Gasteiger partial charge >= 0.3 is 0 Å². The summed E-state index contributed by atoms with van der Waals surface area (Å²) >= 11 is 0. The lowest BCUT2D eigenvalue weighted by atomic mass is 10.8. The molecule has 0 saturated heterocycles. The smallest absolute Gasteiger partial charge is 0.214 e. The van der Waals surface area contributed by atoms with E-state index in [0.29, 0.717) is 0 Å². The number of hydrogen-bond acceptors (Lipinski definition) is 2. The summed E-state index contributed by atoms with van der Waals surface area (Å²) in [6.45, 7) is 13.0.